The third-order valence-electron chi connectivity index (χ3n) is 5.26. The summed E-state index contributed by atoms with van der Waals surface area (Å²) in [5.74, 6) is 0.605. The van der Waals surface area contributed by atoms with Crippen molar-refractivity contribution in [1.29, 1.82) is 0 Å². The third-order valence-corrected chi connectivity index (χ3v) is 6.37. The molecule has 5 nitrogen and oxygen atoms in total. The average molecular weight is 505 g/mol. The Balaban J connectivity index is 1.52. The number of methoxy groups -OCH3 is 1. The van der Waals surface area contributed by atoms with Gasteiger partial charge in [-0.15, -0.1) is 0 Å². The molecule has 4 aromatic carbocycles. The van der Waals surface area contributed by atoms with Gasteiger partial charge in [-0.1, -0.05) is 36.4 Å². The molecule has 4 rings (SSSR count). The topological polar surface area (TPSA) is 64.6 Å². The highest BCUT2D eigenvalue weighted by Crippen LogP contribution is 2.31. The summed E-state index contributed by atoms with van der Waals surface area (Å²) in [5.41, 5.74) is -3.85. The van der Waals surface area contributed by atoms with E-state index in [9.17, 15) is 26.0 Å². The molecule has 0 aromatic heterocycles. The van der Waals surface area contributed by atoms with Gasteiger partial charge in [0.25, 0.3) is 0 Å². The van der Waals surface area contributed by atoms with Crippen molar-refractivity contribution >= 4 is 26.5 Å². The van der Waals surface area contributed by atoms with Crippen LogP contribution in [-0.4, -0.2) is 21.0 Å². The maximum absolute atomic E-state index is 14.7. The quantitative estimate of drug-likeness (QED) is 0.292. The maximum atomic E-state index is 14.7. The van der Waals surface area contributed by atoms with Gasteiger partial charge in [0, 0.05) is 16.6 Å². The van der Waals surface area contributed by atoms with Crippen LogP contribution in [0.1, 0.15) is 5.56 Å². The smallest absolute Gasteiger partial charge is 0.497 e. The van der Waals surface area contributed by atoms with Crippen molar-refractivity contribution in [3.05, 3.63) is 90.2 Å². The van der Waals surface area contributed by atoms with E-state index in [1.807, 2.05) is 12.1 Å². The number of rotatable bonds is 7. The Morgan fingerprint density at radius 1 is 0.886 bits per heavy atom. The zero-order valence-electron chi connectivity index (χ0n) is 18.3. The Bertz CT molecular complexity index is 1470. The fraction of sp³-hybridized carbons (Fsp3) is 0.120. The molecule has 35 heavy (non-hydrogen) atoms. The number of nitrogens with one attached hydrogen (secondary N) is 1. The van der Waals surface area contributed by atoms with Crippen molar-refractivity contribution in [1.82, 2.24) is 0 Å². The molecule has 0 fully saturated rings. The van der Waals surface area contributed by atoms with E-state index < -0.39 is 21.3 Å². The molecule has 182 valence electrons. The van der Waals surface area contributed by atoms with Gasteiger partial charge in [-0.25, -0.2) is 4.39 Å². The van der Waals surface area contributed by atoms with Crippen LogP contribution in [0, 0.1) is 5.82 Å². The lowest BCUT2D eigenvalue weighted by Gasteiger charge is -2.13. The van der Waals surface area contributed by atoms with E-state index in [0.717, 1.165) is 5.56 Å². The van der Waals surface area contributed by atoms with Crippen molar-refractivity contribution < 1.29 is 35.5 Å². The average Bonchev–Trinajstić information content (AvgIpc) is 2.82. The van der Waals surface area contributed by atoms with E-state index in [1.165, 1.54) is 29.0 Å². The number of hydrogen-bond acceptors (Lipinski definition) is 4. The van der Waals surface area contributed by atoms with Crippen LogP contribution in [0.2, 0.25) is 0 Å². The lowest BCUT2D eigenvalue weighted by Crippen LogP contribution is -2.29. The van der Waals surface area contributed by atoms with Crippen molar-refractivity contribution in [2.75, 3.05) is 11.8 Å². The highest BCUT2D eigenvalue weighted by atomic mass is 32.2. The van der Waals surface area contributed by atoms with Crippen molar-refractivity contribution in [2.45, 2.75) is 12.1 Å². The van der Waals surface area contributed by atoms with Crippen LogP contribution in [0.15, 0.2) is 78.9 Å². The molecule has 0 heterocycles. The van der Waals surface area contributed by atoms with E-state index >= 15 is 0 Å². The molecule has 0 unspecified atom stereocenters. The molecule has 0 radical (unpaired) electrons. The van der Waals surface area contributed by atoms with E-state index in [2.05, 4.69) is 0 Å². The third kappa shape index (κ3) is 5.32. The first-order valence-corrected chi connectivity index (χ1v) is 11.7. The molecule has 4 aromatic rings. The van der Waals surface area contributed by atoms with Crippen LogP contribution in [0.25, 0.3) is 21.9 Å². The van der Waals surface area contributed by atoms with Gasteiger partial charge in [0.05, 0.1) is 7.11 Å². The monoisotopic (exact) mass is 505 g/mol. The molecular formula is C25H19F4NO4S. The van der Waals surface area contributed by atoms with Gasteiger partial charge < -0.3 is 9.47 Å². The van der Waals surface area contributed by atoms with E-state index in [4.69, 9.17) is 9.47 Å². The van der Waals surface area contributed by atoms with Gasteiger partial charge >= 0.3 is 15.5 Å². The first kappa shape index (κ1) is 24.3. The number of fused-ring (bicyclic) bond motifs is 1. The maximum Gasteiger partial charge on any atom is 0.516 e. The van der Waals surface area contributed by atoms with Gasteiger partial charge in [0.2, 0.25) is 0 Å². The molecule has 0 bridgehead atoms. The van der Waals surface area contributed by atoms with Crippen molar-refractivity contribution in [3.8, 4) is 22.6 Å². The molecule has 0 aliphatic carbocycles. The fourth-order valence-corrected chi connectivity index (χ4v) is 3.99. The SMILES string of the molecule is COc1ccc(-c2ccc(COc3cccc4cc(NS(=O)(=O)C(F)(F)F)ccc34)c(F)c2)cc1. The summed E-state index contributed by atoms with van der Waals surface area (Å²) >= 11 is 0. The molecule has 1 N–H and O–H groups in total. The van der Waals surface area contributed by atoms with Gasteiger partial charge in [0.1, 0.15) is 23.9 Å². The normalized spacial score (nSPS) is 11.9. The number of anilines is 1. The minimum Gasteiger partial charge on any atom is -0.497 e. The lowest BCUT2D eigenvalue weighted by molar-refractivity contribution is -0.0429. The second kappa shape index (κ2) is 9.46. The highest BCUT2D eigenvalue weighted by Gasteiger charge is 2.46. The molecule has 0 saturated heterocycles. The van der Waals surface area contributed by atoms with E-state index in [1.54, 1.807) is 49.6 Å². The number of alkyl halides is 3. The molecule has 0 spiro atoms. The largest absolute Gasteiger partial charge is 0.516 e. The molecule has 10 heteroatoms. The highest BCUT2D eigenvalue weighted by molar-refractivity contribution is 7.93. The summed E-state index contributed by atoms with van der Waals surface area (Å²) in [6, 6.07) is 20.7. The Labute approximate surface area is 199 Å². The van der Waals surface area contributed by atoms with Crippen LogP contribution in [-0.2, 0) is 16.6 Å². The predicted octanol–water partition coefficient (Wildman–Crippen LogP) is 6.50. The molecule has 0 atom stereocenters. The number of benzene rings is 4. The number of sulfonamides is 1. The summed E-state index contributed by atoms with van der Waals surface area (Å²) in [6.07, 6.45) is 0. The second-order valence-corrected chi connectivity index (χ2v) is 9.24. The van der Waals surface area contributed by atoms with Crippen LogP contribution < -0.4 is 14.2 Å². The second-order valence-electron chi connectivity index (χ2n) is 7.57. The molecule has 0 amide bonds. The Morgan fingerprint density at radius 3 is 2.26 bits per heavy atom. The van der Waals surface area contributed by atoms with E-state index in [-0.39, 0.29) is 12.3 Å². The Hall–Kier alpha value is -3.79. The number of hydrogen-bond donors (Lipinski definition) is 1. The first-order valence-electron chi connectivity index (χ1n) is 10.2. The van der Waals surface area contributed by atoms with Crippen molar-refractivity contribution in [3.63, 3.8) is 0 Å². The van der Waals surface area contributed by atoms with Crippen LogP contribution in [0.3, 0.4) is 0 Å². The zero-order chi connectivity index (χ0) is 25.2. The van der Waals surface area contributed by atoms with Gasteiger partial charge in [-0.05, 0) is 59.0 Å². The molecule has 0 saturated carbocycles. The predicted molar refractivity (Wildman–Crippen MR) is 125 cm³/mol. The van der Waals surface area contributed by atoms with Gasteiger partial charge in [-0.2, -0.15) is 21.6 Å². The van der Waals surface area contributed by atoms with Gasteiger partial charge in [0.15, 0.2) is 0 Å². The first-order chi connectivity index (χ1) is 16.6. The van der Waals surface area contributed by atoms with E-state index in [0.29, 0.717) is 33.4 Å². The zero-order valence-corrected chi connectivity index (χ0v) is 19.1. The Morgan fingerprint density at radius 2 is 1.60 bits per heavy atom. The molecule has 0 aliphatic heterocycles. The molecule has 0 aliphatic rings. The minimum absolute atomic E-state index is 0.0870. The van der Waals surface area contributed by atoms with Crippen LogP contribution in [0.4, 0.5) is 23.2 Å². The number of halogens is 4. The summed E-state index contributed by atoms with van der Waals surface area (Å²) in [5, 5.41) is 0.970. The summed E-state index contributed by atoms with van der Waals surface area (Å²) in [4.78, 5) is 0. The Kier molecular flexibility index (Phi) is 6.58. The van der Waals surface area contributed by atoms with Crippen molar-refractivity contribution in [2.24, 2.45) is 0 Å². The van der Waals surface area contributed by atoms with Gasteiger partial charge in [-0.3, -0.25) is 4.72 Å². The van der Waals surface area contributed by atoms with Crippen LogP contribution in [0.5, 0.6) is 11.5 Å². The summed E-state index contributed by atoms with van der Waals surface area (Å²) in [6.45, 7) is -0.0870. The van der Waals surface area contributed by atoms with Crippen LogP contribution >= 0.6 is 0 Å². The lowest BCUT2D eigenvalue weighted by atomic mass is 10.0. The summed E-state index contributed by atoms with van der Waals surface area (Å²) < 4.78 is 87.8. The number of ether oxygens (including phenoxy) is 2. The molecular weight excluding hydrogens is 486 g/mol. The summed E-state index contributed by atoms with van der Waals surface area (Å²) in [7, 11) is -3.97. The standard InChI is InChI=1S/C25H19F4NO4S/c1-33-21-10-7-16(8-11-21)17-5-6-19(23(26)14-17)15-34-24-4-2-3-18-13-20(9-12-22(18)24)30-35(31,32)25(27,28)29/h2-14,30H,15H2,1H3. The fourth-order valence-electron chi connectivity index (χ4n) is 3.44. The minimum atomic E-state index is -5.54.